The van der Waals surface area contributed by atoms with Crippen LogP contribution in [0.2, 0.25) is 0 Å². The zero-order chi connectivity index (χ0) is 13.8. The van der Waals surface area contributed by atoms with Crippen molar-refractivity contribution >= 4 is 33.4 Å². The van der Waals surface area contributed by atoms with Gasteiger partial charge in [0.25, 0.3) is 5.91 Å². The minimum absolute atomic E-state index is 0.135. The molecule has 0 saturated heterocycles. The molecule has 2 atom stereocenters. The Bertz CT molecular complexity index is 469. The predicted octanol–water partition coefficient (Wildman–Crippen LogP) is 4.12. The van der Waals surface area contributed by atoms with Gasteiger partial charge in [-0.2, -0.15) is 0 Å². The molecule has 5 heteroatoms. The largest absolute Gasteiger partial charge is 0.352 e. The van der Waals surface area contributed by atoms with Crippen molar-refractivity contribution in [2.24, 2.45) is 5.92 Å². The highest BCUT2D eigenvalue weighted by Gasteiger charge is 2.23. The first-order chi connectivity index (χ1) is 9.08. The number of amides is 1. The van der Waals surface area contributed by atoms with E-state index in [1.807, 2.05) is 0 Å². The molecule has 0 aromatic heterocycles. The second-order valence-corrected chi connectivity index (χ2v) is 6.31. The zero-order valence-electron chi connectivity index (χ0n) is 10.5. The fourth-order valence-electron chi connectivity index (χ4n) is 2.36. The van der Waals surface area contributed by atoms with Crippen molar-refractivity contribution in [1.82, 2.24) is 5.32 Å². The Morgan fingerprint density at radius 2 is 2.16 bits per heavy atom. The highest BCUT2D eigenvalue weighted by Crippen LogP contribution is 2.28. The molecule has 1 aliphatic rings. The van der Waals surface area contributed by atoms with Gasteiger partial charge in [-0.05, 0) is 52.9 Å². The van der Waals surface area contributed by atoms with E-state index in [2.05, 4.69) is 21.2 Å². The summed E-state index contributed by atoms with van der Waals surface area (Å²) in [7, 11) is 0. The molecule has 2 unspecified atom stereocenters. The molecule has 1 N–H and O–H groups in total. The van der Waals surface area contributed by atoms with Crippen molar-refractivity contribution in [3.05, 3.63) is 34.1 Å². The molecule has 1 aliphatic carbocycles. The summed E-state index contributed by atoms with van der Waals surface area (Å²) in [5, 5.41) is 2.98. The summed E-state index contributed by atoms with van der Waals surface area (Å²) >= 11 is 9.30. The van der Waals surface area contributed by atoms with Crippen molar-refractivity contribution < 1.29 is 9.18 Å². The Balaban J connectivity index is 1.91. The summed E-state index contributed by atoms with van der Waals surface area (Å²) in [6, 6.07) is 4.37. The topological polar surface area (TPSA) is 29.1 Å². The number of carbonyl (C=O) groups is 1. The van der Waals surface area contributed by atoms with Gasteiger partial charge >= 0.3 is 0 Å². The highest BCUT2D eigenvalue weighted by molar-refractivity contribution is 9.10. The Morgan fingerprint density at radius 1 is 1.42 bits per heavy atom. The van der Waals surface area contributed by atoms with E-state index in [1.165, 1.54) is 12.1 Å². The summed E-state index contributed by atoms with van der Waals surface area (Å²) in [4.78, 5) is 11.9. The van der Waals surface area contributed by atoms with E-state index in [4.69, 9.17) is 11.6 Å². The maximum Gasteiger partial charge on any atom is 0.251 e. The van der Waals surface area contributed by atoms with Crippen LogP contribution in [0.4, 0.5) is 4.39 Å². The molecule has 0 spiro atoms. The lowest BCUT2D eigenvalue weighted by Gasteiger charge is -2.27. The van der Waals surface area contributed by atoms with Crippen LogP contribution in [-0.2, 0) is 0 Å². The maximum atomic E-state index is 13.3. The molecule has 19 heavy (non-hydrogen) atoms. The van der Waals surface area contributed by atoms with Crippen LogP contribution in [-0.4, -0.2) is 17.8 Å². The number of halogens is 3. The van der Waals surface area contributed by atoms with E-state index in [0.29, 0.717) is 22.5 Å². The molecule has 0 aliphatic heterocycles. The van der Waals surface area contributed by atoms with Crippen LogP contribution in [0.1, 0.15) is 36.0 Å². The molecule has 1 amide bonds. The lowest BCUT2D eigenvalue weighted by atomic mass is 9.88. The van der Waals surface area contributed by atoms with Crippen LogP contribution in [0.5, 0.6) is 0 Å². The molecule has 0 radical (unpaired) electrons. The van der Waals surface area contributed by atoms with E-state index < -0.39 is 5.82 Å². The summed E-state index contributed by atoms with van der Waals surface area (Å²) in [6.07, 6.45) is 4.38. The number of nitrogens with one attached hydrogen (secondary N) is 1. The average Bonchev–Trinajstić information content (AvgIpc) is 2.40. The van der Waals surface area contributed by atoms with Gasteiger partial charge in [0.05, 0.1) is 4.47 Å². The third kappa shape index (κ3) is 3.93. The normalized spacial score (nSPS) is 23.1. The van der Waals surface area contributed by atoms with E-state index in [9.17, 15) is 9.18 Å². The molecule has 1 aromatic carbocycles. The lowest BCUT2D eigenvalue weighted by Crippen LogP contribution is -2.34. The van der Waals surface area contributed by atoms with Crippen molar-refractivity contribution in [2.75, 3.05) is 6.54 Å². The van der Waals surface area contributed by atoms with Gasteiger partial charge in [-0.3, -0.25) is 4.79 Å². The first kappa shape index (κ1) is 14.8. The van der Waals surface area contributed by atoms with Gasteiger partial charge in [0.15, 0.2) is 0 Å². The Labute approximate surface area is 125 Å². The lowest BCUT2D eigenvalue weighted by molar-refractivity contribution is 0.0943. The number of hydrogen-bond acceptors (Lipinski definition) is 1. The van der Waals surface area contributed by atoms with E-state index in [1.54, 1.807) is 6.07 Å². The predicted molar refractivity (Wildman–Crippen MR) is 78.0 cm³/mol. The third-order valence-corrected chi connectivity index (χ3v) is 4.74. The quantitative estimate of drug-likeness (QED) is 0.818. The van der Waals surface area contributed by atoms with Crippen LogP contribution >= 0.6 is 27.5 Å². The number of hydrogen-bond donors (Lipinski definition) is 1. The van der Waals surface area contributed by atoms with Gasteiger partial charge in [0, 0.05) is 17.5 Å². The Hall–Kier alpha value is -0.610. The molecule has 1 aromatic rings. The average molecular weight is 349 g/mol. The van der Waals surface area contributed by atoms with Gasteiger partial charge in [0.2, 0.25) is 0 Å². The first-order valence-corrected chi connectivity index (χ1v) is 7.68. The molecular formula is C14H16BrClFNO. The molecule has 2 rings (SSSR count). The standard InChI is InChI=1S/C14H16BrClFNO/c15-11-6-5-9(7-13(11)17)14(19)18-8-10-3-1-2-4-12(10)16/h5-7,10,12H,1-4,8H2,(H,18,19). The second-order valence-electron chi connectivity index (χ2n) is 4.90. The Morgan fingerprint density at radius 3 is 2.84 bits per heavy atom. The van der Waals surface area contributed by atoms with Crippen molar-refractivity contribution in [2.45, 2.75) is 31.1 Å². The molecular weight excluding hydrogens is 333 g/mol. The summed E-state index contributed by atoms with van der Waals surface area (Å²) in [5.41, 5.74) is 0.336. The van der Waals surface area contributed by atoms with Gasteiger partial charge in [0.1, 0.15) is 5.82 Å². The summed E-state index contributed by atoms with van der Waals surface area (Å²) < 4.78 is 13.7. The van der Waals surface area contributed by atoms with Gasteiger partial charge in [-0.1, -0.05) is 12.8 Å². The molecule has 0 heterocycles. The van der Waals surface area contributed by atoms with E-state index >= 15 is 0 Å². The second kappa shape index (κ2) is 6.71. The van der Waals surface area contributed by atoms with Crippen LogP contribution in [0.15, 0.2) is 22.7 Å². The number of benzene rings is 1. The van der Waals surface area contributed by atoms with Crippen molar-refractivity contribution in [3.8, 4) is 0 Å². The number of alkyl halides is 1. The smallest absolute Gasteiger partial charge is 0.251 e. The monoisotopic (exact) mass is 347 g/mol. The molecule has 0 bridgehead atoms. The molecule has 2 nitrogen and oxygen atoms in total. The molecule has 1 saturated carbocycles. The fourth-order valence-corrected chi connectivity index (χ4v) is 2.97. The fraction of sp³-hybridized carbons (Fsp3) is 0.500. The van der Waals surface area contributed by atoms with Crippen LogP contribution in [0.3, 0.4) is 0 Å². The minimum Gasteiger partial charge on any atom is -0.352 e. The SMILES string of the molecule is O=C(NCC1CCCCC1Cl)c1ccc(Br)c(F)c1. The van der Waals surface area contributed by atoms with E-state index in [0.717, 1.165) is 25.7 Å². The molecule has 104 valence electrons. The van der Waals surface area contributed by atoms with Crippen molar-refractivity contribution in [3.63, 3.8) is 0 Å². The summed E-state index contributed by atoms with van der Waals surface area (Å²) in [6.45, 7) is 0.560. The van der Waals surface area contributed by atoms with Crippen LogP contribution in [0.25, 0.3) is 0 Å². The number of carbonyl (C=O) groups excluding carboxylic acids is 1. The number of rotatable bonds is 3. The molecule has 1 fully saturated rings. The maximum absolute atomic E-state index is 13.3. The van der Waals surface area contributed by atoms with Gasteiger partial charge in [-0.25, -0.2) is 4.39 Å². The third-order valence-electron chi connectivity index (χ3n) is 3.52. The zero-order valence-corrected chi connectivity index (χ0v) is 12.8. The van der Waals surface area contributed by atoms with Gasteiger partial charge < -0.3 is 5.32 Å². The van der Waals surface area contributed by atoms with Crippen molar-refractivity contribution in [1.29, 1.82) is 0 Å². The minimum atomic E-state index is -0.430. The first-order valence-electron chi connectivity index (χ1n) is 6.45. The van der Waals surface area contributed by atoms with E-state index in [-0.39, 0.29) is 11.3 Å². The van der Waals surface area contributed by atoms with Gasteiger partial charge in [-0.15, -0.1) is 11.6 Å². The van der Waals surface area contributed by atoms with Crippen LogP contribution < -0.4 is 5.32 Å². The highest BCUT2D eigenvalue weighted by atomic mass is 79.9. The Kier molecular flexibility index (Phi) is 5.22. The summed E-state index contributed by atoms with van der Waals surface area (Å²) in [5.74, 6) is -0.360. The van der Waals surface area contributed by atoms with Crippen LogP contribution in [0, 0.1) is 11.7 Å².